The van der Waals surface area contributed by atoms with E-state index in [1.165, 1.54) is 6.42 Å². The van der Waals surface area contributed by atoms with E-state index >= 15 is 0 Å². The summed E-state index contributed by atoms with van der Waals surface area (Å²) in [6, 6.07) is 0. The van der Waals surface area contributed by atoms with Gasteiger partial charge in [-0.25, -0.2) is 0 Å². The monoisotopic (exact) mass is 111 g/mol. The molecule has 0 aliphatic carbocycles. The van der Waals surface area contributed by atoms with E-state index in [-0.39, 0.29) is 0 Å². The van der Waals surface area contributed by atoms with Crippen molar-refractivity contribution in [3.05, 3.63) is 0 Å². The third-order valence-corrected chi connectivity index (χ3v) is 1.06. The molecule has 0 saturated carbocycles. The maximum Gasteiger partial charge on any atom is 0.0653 e. The highest BCUT2D eigenvalue weighted by atomic mass is 15.0. The van der Waals surface area contributed by atoms with Crippen molar-refractivity contribution in [2.45, 2.75) is 19.2 Å². The lowest BCUT2D eigenvalue weighted by Gasteiger charge is -2.06. The molecular formula is C6H14BN. The smallest absolute Gasteiger partial charge is 0.0653 e. The van der Waals surface area contributed by atoms with Crippen molar-refractivity contribution in [2.75, 3.05) is 20.6 Å². The van der Waals surface area contributed by atoms with E-state index in [0.29, 0.717) is 0 Å². The minimum atomic E-state index is 0.827. The van der Waals surface area contributed by atoms with E-state index in [2.05, 4.69) is 19.0 Å². The van der Waals surface area contributed by atoms with Crippen LogP contribution in [0.25, 0.3) is 0 Å². The fourth-order valence-corrected chi connectivity index (χ4v) is 0.572. The number of hydrogen-bond donors (Lipinski definition) is 0. The summed E-state index contributed by atoms with van der Waals surface area (Å²) in [6.45, 7) is 1.16. The van der Waals surface area contributed by atoms with Crippen LogP contribution in [-0.4, -0.2) is 33.4 Å². The normalized spacial score (nSPS) is 10.4. The first-order valence-corrected chi connectivity index (χ1v) is 3.12. The topological polar surface area (TPSA) is 3.24 Å². The molecule has 0 bridgehead atoms. The molecule has 8 heavy (non-hydrogen) atoms. The molecule has 0 rings (SSSR count). The summed E-state index contributed by atoms with van der Waals surface area (Å²) in [5.74, 6) is 0. The van der Waals surface area contributed by atoms with Gasteiger partial charge in [0.25, 0.3) is 0 Å². The molecule has 46 valence electrons. The van der Waals surface area contributed by atoms with Crippen molar-refractivity contribution in [1.82, 2.24) is 4.90 Å². The Balaban J connectivity index is 2.72. The van der Waals surface area contributed by atoms with Gasteiger partial charge in [-0.05, 0) is 27.1 Å². The van der Waals surface area contributed by atoms with E-state index in [4.69, 9.17) is 7.85 Å². The molecule has 0 aliphatic rings. The summed E-state index contributed by atoms with van der Waals surface area (Å²) < 4.78 is 0. The summed E-state index contributed by atoms with van der Waals surface area (Å²) >= 11 is 0. The molecular weight excluding hydrogens is 96.9 g/mol. The van der Waals surface area contributed by atoms with Crippen molar-refractivity contribution in [3.8, 4) is 0 Å². The van der Waals surface area contributed by atoms with Crippen molar-refractivity contribution in [1.29, 1.82) is 0 Å². The minimum Gasteiger partial charge on any atom is -0.309 e. The van der Waals surface area contributed by atoms with Gasteiger partial charge in [0, 0.05) is 0 Å². The van der Waals surface area contributed by atoms with E-state index in [1.54, 1.807) is 0 Å². The van der Waals surface area contributed by atoms with Gasteiger partial charge in [-0.2, -0.15) is 0 Å². The molecule has 0 amide bonds. The second-order valence-electron chi connectivity index (χ2n) is 2.30. The average Bonchev–Trinajstić information content (AvgIpc) is 1.66. The van der Waals surface area contributed by atoms with Gasteiger partial charge in [0.2, 0.25) is 0 Å². The van der Waals surface area contributed by atoms with Crippen LogP contribution in [0.2, 0.25) is 6.32 Å². The molecule has 0 fully saturated rings. The number of hydrogen-bond acceptors (Lipinski definition) is 1. The first kappa shape index (κ1) is 8.02. The molecule has 0 unspecified atom stereocenters. The third kappa shape index (κ3) is 6.02. The molecule has 0 saturated heterocycles. The predicted octanol–water partition coefficient (Wildman–Crippen LogP) is 0.915. The van der Waals surface area contributed by atoms with Gasteiger partial charge in [-0.3, -0.25) is 0 Å². The number of rotatable bonds is 4. The summed E-state index contributed by atoms with van der Waals surface area (Å²) in [7, 11) is 9.46. The SMILES string of the molecule is [B]CCCCN(C)C. The van der Waals surface area contributed by atoms with Crippen LogP contribution in [0.5, 0.6) is 0 Å². The van der Waals surface area contributed by atoms with E-state index in [1.807, 2.05) is 0 Å². The summed E-state index contributed by atoms with van der Waals surface area (Å²) in [6.07, 6.45) is 3.20. The third-order valence-electron chi connectivity index (χ3n) is 1.06. The molecule has 2 heteroatoms. The van der Waals surface area contributed by atoms with E-state index < -0.39 is 0 Å². The van der Waals surface area contributed by atoms with Crippen molar-refractivity contribution in [3.63, 3.8) is 0 Å². The van der Waals surface area contributed by atoms with Gasteiger partial charge in [-0.1, -0.05) is 12.7 Å². The Bertz CT molecular complexity index is 45.8. The van der Waals surface area contributed by atoms with Crippen LogP contribution in [-0.2, 0) is 0 Å². The highest BCUT2D eigenvalue weighted by Crippen LogP contribution is 1.92. The van der Waals surface area contributed by atoms with Crippen LogP contribution in [0.3, 0.4) is 0 Å². The maximum absolute atomic E-state index is 5.30. The van der Waals surface area contributed by atoms with E-state index in [0.717, 1.165) is 19.3 Å². The highest BCUT2D eigenvalue weighted by molar-refractivity contribution is 6.08. The zero-order valence-corrected chi connectivity index (χ0v) is 5.85. The molecule has 0 atom stereocenters. The second-order valence-corrected chi connectivity index (χ2v) is 2.30. The van der Waals surface area contributed by atoms with Crippen LogP contribution < -0.4 is 0 Å². The van der Waals surface area contributed by atoms with Crippen LogP contribution in [0.4, 0.5) is 0 Å². The lowest BCUT2D eigenvalue weighted by molar-refractivity contribution is 0.398. The Morgan fingerprint density at radius 1 is 1.25 bits per heavy atom. The van der Waals surface area contributed by atoms with Gasteiger partial charge >= 0.3 is 0 Å². The molecule has 0 spiro atoms. The molecule has 2 radical (unpaired) electrons. The lowest BCUT2D eigenvalue weighted by Crippen LogP contribution is -2.12. The Kier molecular flexibility index (Phi) is 5.18. The fraction of sp³-hybridized carbons (Fsp3) is 1.00. The largest absolute Gasteiger partial charge is 0.309 e. The quantitative estimate of drug-likeness (QED) is 0.385. The molecule has 0 aliphatic heterocycles. The Labute approximate surface area is 53.5 Å². The molecule has 0 aromatic carbocycles. The van der Waals surface area contributed by atoms with Gasteiger partial charge < -0.3 is 4.90 Å². The zero-order valence-electron chi connectivity index (χ0n) is 5.85. The Hall–Kier alpha value is 0.0249. The summed E-state index contributed by atoms with van der Waals surface area (Å²) in [5, 5.41) is 0. The van der Waals surface area contributed by atoms with E-state index in [9.17, 15) is 0 Å². The summed E-state index contributed by atoms with van der Waals surface area (Å²) in [4.78, 5) is 2.18. The average molecular weight is 111 g/mol. The van der Waals surface area contributed by atoms with Crippen molar-refractivity contribution in [2.24, 2.45) is 0 Å². The zero-order chi connectivity index (χ0) is 6.41. The van der Waals surface area contributed by atoms with Crippen LogP contribution in [0, 0.1) is 0 Å². The highest BCUT2D eigenvalue weighted by Gasteiger charge is 1.86. The van der Waals surface area contributed by atoms with Crippen LogP contribution >= 0.6 is 0 Å². The molecule has 0 aromatic rings. The first-order valence-electron chi connectivity index (χ1n) is 3.12. The molecule has 1 nitrogen and oxygen atoms in total. The summed E-state index contributed by atoms with van der Waals surface area (Å²) in [5.41, 5.74) is 0. The maximum atomic E-state index is 5.30. The standard InChI is InChI=1S/C6H14BN/c1-8(2)6-4-3-5-7/h3-6H2,1-2H3. The molecule has 0 N–H and O–H groups in total. The van der Waals surface area contributed by atoms with Gasteiger partial charge in [0.05, 0.1) is 7.85 Å². The molecule has 0 aromatic heterocycles. The first-order chi connectivity index (χ1) is 3.77. The van der Waals surface area contributed by atoms with Gasteiger partial charge in [0.15, 0.2) is 0 Å². The Morgan fingerprint density at radius 2 is 1.88 bits per heavy atom. The number of unbranched alkanes of at least 4 members (excludes halogenated alkanes) is 1. The fourth-order valence-electron chi connectivity index (χ4n) is 0.572. The van der Waals surface area contributed by atoms with Crippen LogP contribution in [0.15, 0.2) is 0 Å². The van der Waals surface area contributed by atoms with Crippen LogP contribution in [0.1, 0.15) is 12.8 Å². The number of nitrogens with zero attached hydrogens (tertiary/aromatic N) is 1. The minimum absolute atomic E-state index is 0.827. The van der Waals surface area contributed by atoms with Gasteiger partial charge in [0.1, 0.15) is 0 Å². The van der Waals surface area contributed by atoms with Gasteiger partial charge in [-0.15, -0.1) is 0 Å². The predicted molar refractivity (Wildman–Crippen MR) is 38.3 cm³/mol. The molecule has 0 heterocycles. The second kappa shape index (κ2) is 5.17. The van der Waals surface area contributed by atoms with Crippen molar-refractivity contribution >= 4 is 7.85 Å². The van der Waals surface area contributed by atoms with Crippen molar-refractivity contribution < 1.29 is 0 Å². The Morgan fingerprint density at radius 3 is 2.25 bits per heavy atom. The lowest BCUT2D eigenvalue weighted by atomic mass is 10.0.